The minimum Gasteiger partial charge on any atom is -0.496 e. The summed E-state index contributed by atoms with van der Waals surface area (Å²) < 4.78 is 5.27. The van der Waals surface area contributed by atoms with Gasteiger partial charge in [0.2, 0.25) is 5.91 Å². The second-order valence-electron chi connectivity index (χ2n) is 5.44. The van der Waals surface area contributed by atoms with E-state index < -0.39 is 0 Å². The summed E-state index contributed by atoms with van der Waals surface area (Å²) in [7, 11) is 3.17. The number of carbonyl (C=O) groups excluding carboxylic acids is 2. The molecule has 1 aromatic carbocycles. The van der Waals surface area contributed by atoms with Gasteiger partial charge in [0, 0.05) is 32.1 Å². The second kappa shape index (κ2) is 8.63. The van der Waals surface area contributed by atoms with Gasteiger partial charge < -0.3 is 15.4 Å². The number of hydrogen-bond donors (Lipinski definition) is 2. The molecule has 0 aliphatic heterocycles. The molecule has 0 atom stereocenters. The molecule has 1 aromatic heterocycles. The molecule has 2 rings (SSSR count). The molecule has 0 spiro atoms. The first-order valence-corrected chi connectivity index (χ1v) is 7.80. The average Bonchev–Trinajstić information content (AvgIpc) is 2.65. The van der Waals surface area contributed by atoms with Crippen molar-refractivity contribution in [3.63, 3.8) is 0 Å². The second-order valence-corrected chi connectivity index (χ2v) is 5.44. The van der Waals surface area contributed by atoms with Crippen LogP contribution >= 0.6 is 0 Å². The molecule has 0 bridgehead atoms. The highest BCUT2D eigenvalue weighted by Crippen LogP contribution is 2.18. The maximum Gasteiger partial charge on any atom is 0.252 e. The van der Waals surface area contributed by atoms with Crippen LogP contribution in [0, 0.1) is 6.92 Å². The third-order valence-corrected chi connectivity index (χ3v) is 3.62. The lowest BCUT2D eigenvalue weighted by atomic mass is 10.1. The smallest absolute Gasteiger partial charge is 0.252 e. The number of methoxy groups -OCH3 is 1. The normalized spacial score (nSPS) is 10.5. The number of nitrogens with zero attached hydrogens (tertiary/aromatic N) is 1. The van der Waals surface area contributed by atoms with Gasteiger partial charge in [0.1, 0.15) is 5.75 Å². The van der Waals surface area contributed by atoms with E-state index in [1.165, 1.54) is 12.3 Å². The fraction of sp³-hybridized carbons (Fsp3) is 0.211. The van der Waals surface area contributed by atoms with Gasteiger partial charge in [0.25, 0.3) is 5.91 Å². The van der Waals surface area contributed by atoms with Crippen molar-refractivity contribution in [1.82, 2.24) is 15.6 Å². The third kappa shape index (κ3) is 5.17. The van der Waals surface area contributed by atoms with Gasteiger partial charge in [-0.05, 0) is 41.8 Å². The molecule has 0 unspecified atom stereocenters. The Morgan fingerprint density at radius 2 is 2.04 bits per heavy atom. The summed E-state index contributed by atoms with van der Waals surface area (Å²) in [6.45, 7) is 2.36. The van der Waals surface area contributed by atoms with Crippen LogP contribution in [0.4, 0.5) is 0 Å². The Morgan fingerprint density at radius 3 is 2.76 bits per heavy atom. The number of carbonyl (C=O) groups is 2. The molecule has 0 aliphatic rings. The molecule has 2 amide bonds. The number of aromatic nitrogens is 1. The lowest BCUT2D eigenvalue weighted by Gasteiger charge is -2.08. The predicted molar refractivity (Wildman–Crippen MR) is 96.2 cm³/mol. The standard InChI is InChI=1S/C19H21N3O3/c1-13-4-5-15(9-17(13)25-3)11-22-18(23)7-6-14-8-16(12-21-10-14)19(24)20-2/h4-10,12H,11H2,1-3H3,(H,20,24)(H,22,23)/b7-6+. The van der Waals surface area contributed by atoms with E-state index in [9.17, 15) is 9.59 Å². The number of nitrogens with one attached hydrogen (secondary N) is 2. The fourth-order valence-electron chi connectivity index (χ4n) is 2.21. The van der Waals surface area contributed by atoms with Crippen LogP contribution in [0.2, 0.25) is 0 Å². The summed E-state index contributed by atoms with van der Waals surface area (Å²) in [6.07, 6.45) is 6.09. The molecule has 130 valence electrons. The average molecular weight is 339 g/mol. The molecule has 0 aliphatic carbocycles. The van der Waals surface area contributed by atoms with Crippen molar-refractivity contribution >= 4 is 17.9 Å². The number of benzene rings is 1. The molecule has 0 saturated heterocycles. The first-order chi connectivity index (χ1) is 12.0. The van der Waals surface area contributed by atoms with Crippen molar-refractivity contribution < 1.29 is 14.3 Å². The van der Waals surface area contributed by atoms with Crippen molar-refractivity contribution in [3.8, 4) is 5.75 Å². The number of ether oxygens (including phenoxy) is 1. The minimum absolute atomic E-state index is 0.222. The Kier molecular flexibility index (Phi) is 6.28. The van der Waals surface area contributed by atoms with Gasteiger partial charge in [0.05, 0.1) is 12.7 Å². The lowest BCUT2D eigenvalue weighted by Crippen LogP contribution is -2.20. The van der Waals surface area contributed by atoms with Crippen LogP contribution < -0.4 is 15.4 Å². The van der Waals surface area contributed by atoms with Gasteiger partial charge in [-0.2, -0.15) is 0 Å². The molecule has 6 nitrogen and oxygen atoms in total. The topological polar surface area (TPSA) is 80.3 Å². The first kappa shape index (κ1) is 18.2. The summed E-state index contributed by atoms with van der Waals surface area (Å²) in [5.41, 5.74) is 3.11. The maximum atomic E-state index is 12.0. The highest BCUT2D eigenvalue weighted by Gasteiger charge is 2.04. The zero-order valence-electron chi connectivity index (χ0n) is 14.5. The van der Waals surface area contributed by atoms with E-state index in [0.717, 1.165) is 16.9 Å². The van der Waals surface area contributed by atoms with Crippen molar-refractivity contribution in [2.75, 3.05) is 14.2 Å². The zero-order chi connectivity index (χ0) is 18.2. The SMILES string of the molecule is CNC(=O)c1cncc(/C=C/C(=O)NCc2ccc(C)c(OC)c2)c1. The summed E-state index contributed by atoms with van der Waals surface area (Å²) in [6, 6.07) is 7.46. The molecule has 25 heavy (non-hydrogen) atoms. The summed E-state index contributed by atoms with van der Waals surface area (Å²) in [4.78, 5) is 27.5. The van der Waals surface area contributed by atoms with Crippen molar-refractivity contribution in [3.05, 3.63) is 65.0 Å². The van der Waals surface area contributed by atoms with Crippen molar-refractivity contribution in [2.24, 2.45) is 0 Å². The van der Waals surface area contributed by atoms with E-state index in [2.05, 4.69) is 15.6 Å². The van der Waals surface area contributed by atoms with E-state index in [4.69, 9.17) is 4.74 Å². The number of aryl methyl sites for hydroxylation is 1. The van der Waals surface area contributed by atoms with Crippen molar-refractivity contribution in [2.45, 2.75) is 13.5 Å². The quantitative estimate of drug-likeness (QED) is 0.790. The lowest BCUT2D eigenvalue weighted by molar-refractivity contribution is -0.116. The largest absolute Gasteiger partial charge is 0.496 e. The van der Waals surface area contributed by atoms with E-state index in [1.807, 2.05) is 25.1 Å². The number of rotatable bonds is 6. The molecule has 6 heteroatoms. The van der Waals surface area contributed by atoms with Crippen LogP contribution in [-0.2, 0) is 11.3 Å². The Morgan fingerprint density at radius 1 is 1.24 bits per heavy atom. The van der Waals surface area contributed by atoms with E-state index in [0.29, 0.717) is 17.7 Å². The van der Waals surface area contributed by atoms with Gasteiger partial charge in [-0.3, -0.25) is 14.6 Å². The number of amides is 2. The Bertz CT molecular complexity index is 800. The van der Waals surface area contributed by atoms with Crippen LogP contribution in [0.3, 0.4) is 0 Å². The Labute approximate surface area is 146 Å². The minimum atomic E-state index is -0.232. The van der Waals surface area contributed by atoms with E-state index >= 15 is 0 Å². The van der Waals surface area contributed by atoms with Gasteiger partial charge in [-0.15, -0.1) is 0 Å². The van der Waals surface area contributed by atoms with E-state index in [-0.39, 0.29) is 11.8 Å². The third-order valence-electron chi connectivity index (χ3n) is 3.62. The predicted octanol–water partition coefficient (Wildman–Crippen LogP) is 2.09. The van der Waals surface area contributed by atoms with Gasteiger partial charge in [-0.1, -0.05) is 12.1 Å². The summed E-state index contributed by atoms with van der Waals surface area (Å²) in [5, 5.41) is 5.34. The highest BCUT2D eigenvalue weighted by molar-refractivity contribution is 5.95. The molecular formula is C19H21N3O3. The van der Waals surface area contributed by atoms with Gasteiger partial charge >= 0.3 is 0 Å². The molecular weight excluding hydrogens is 318 g/mol. The van der Waals surface area contributed by atoms with Crippen LogP contribution in [0.25, 0.3) is 6.08 Å². The summed E-state index contributed by atoms with van der Waals surface area (Å²) in [5.74, 6) is 0.338. The molecule has 0 fully saturated rings. The number of pyridine rings is 1. The molecule has 2 N–H and O–H groups in total. The Balaban J connectivity index is 1.96. The van der Waals surface area contributed by atoms with E-state index in [1.54, 1.807) is 32.5 Å². The zero-order valence-corrected chi connectivity index (χ0v) is 14.5. The fourth-order valence-corrected chi connectivity index (χ4v) is 2.21. The van der Waals surface area contributed by atoms with Gasteiger partial charge in [0.15, 0.2) is 0 Å². The summed E-state index contributed by atoms with van der Waals surface area (Å²) >= 11 is 0. The monoisotopic (exact) mass is 339 g/mol. The van der Waals surface area contributed by atoms with Crippen LogP contribution in [-0.4, -0.2) is 31.0 Å². The van der Waals surface area contributed by atoms with Gasteiger partial charge in [-0.25, -0.2) is 0 Å². The molecule has 2 aromatic rings. The Hall–Kier alpha value is -3.15. The van der Waals surface area contributed by atoms with Crippen LogP contribution in [0.15, 0.2) is 42.7 Å². The molecule has 0 saturated carbocycles. The van der Waals surface area contributed by atoms with Crippen LogP contribution in [0.5, 0.6) is 5.75 Å². The molecule has 0 radical (unpaired) electrons. The first-order valence-electron chi connectivity index (χ1n) is 7.80. The molecule has 1 heterocycles. The van der Waals surface area contributed by atoms with Crippen LogP contribution in [0.1, 0.15) is 27.0 Å². The maximum absolute atomic E-state index is 12.0. The van der Waals surface area contributed by atoms with Crippen molar-refractivity contribution in [1.29, 1.82) is 0 Å². The number of hydrogen-bond acceptors (Lipinski definition) is 4. The highest BCUT2D eigenvalue weighted by atomic mass is 16.5.